The Bertz CT molecular complexity index is 804. The molecular weight excluding hydrogens is 512 g/mol. The second-order valence-electron chi connectivity index (χ2n) is 5.85. The number of aliphatic imine (C=N–C) groups is 1. The predicted octanol–water partition coefficient (Wildman–Crippen LogP) is 3.68. The van der Waals surface area contributed by atoms with Gasteiger partial charge in [-0.05, 0) is 26.0 Å². The predicted molar refractivity (Wildman–Crippen MR) is 121 cm³/mol. The van der Waals surface area contributed by atoms with E-state index >= 15 is 0 Å². The van der Waals surface area contributed by atoms with E-state index in [0.717, 1.165) is 23.6 Å². The summed E-state index contributed by atoms with van der Waals surface area (Å²) in [6.07, 6.45) is -3.42. The third kappa shape index (κ3) is 8.59. The molecule has 1 heterocycles. The van der Waals surface area contributed by atoms with Gasteiger partial charge in [0.1, 0.15) is 11.4 Å². The van der Waals surface area contributed by atoms with Gasteiger partial charge in [-0.15, -0.1) is 24.0 Å². The van der Waals surface area contributed by atoms with Crippen LogP contribution in [0.3, 0.4) is 0 Å². The summed E-state index contributed by atoms with van der Waals surface area (Å²) in [4.78, 5) is 11.8. The average molecular weight is 538 g/mol. The zero-order chi connectivity index (χ0) is 21.1. The van der Waals surface area contributed by atoms with Crippen molar-refractivity contribution >= 4 is 35.9 Å². The van der Waals surface area contributed by atoms with Gasteiger partial charge in [-0.2, -0.15) is 13.2 Å². The summed E-state index contributed by atoms with van der Waals surface area (Å²) in [7, 11) is 0. The minimum atomic E-state index is -4.50. The van der Waals surface area contributed by atoms with Gasteiger partial charge in [-0.1, -0.05) is 18.2 Å². The number of nitrogens with one attached hydrogen (secondary N) is 3. The largest absolute Gasteiger partial charge is 0.494 e. The van der Waals surface area contributed by atoms with Crippen LogP contribution in [0.15, 0.2) is 41.5 Å². The molecule has 0 unspecified atom stereocenters. The highest BCUT2D eigenvalue weighted by Gasteiger charge is 2.32. The van der Waals surface area contributed by atoms with Gasteiger partial charge in [0.2, 0.25) is 5.95 Å². The molecule has 0 spiro atoms. The minimum Gasteiger partial charge on any atom is -0.494 e. The second-order valence-corrected chi connectivity index (χ2v) is 5.85. The van der Waals surface area contributed by atoms with Gasteiger partial charge < -0.3 is 20.7 Å². The maximum Gasteiger partial charge on any atom is 0.433 e. The van der Waals surface area contributed by atoms with Gasteiger partial charge in [-0.25, -0.2) is 15.0 Å². The molecule has 2 aromatic rings. The van der Waals surface area contributed by atoms with Crippen molar-refractivity contribution in [2.45, 2.75) is 26.6 Å². The molecule has 0 aliphatic heterocycles. The first-order valence-corrected chi connectivity index (χ1v) is 9.31. The van der Waals surface area contributed by atoms with Crippen molar-refractivity contribution in [2.24, 2.45) is 4.99 Å². The van der Waals surface area contributed by atoms with E-state index in [0.29, 0.717) is 38.7 Å². The number of anilines is 1. The van der Waals surface area contributed by atoms with Crippen LogP contribution in [0.1, 0.15) is 25.1 Å². The van der Waals surface area contributed by atoms with Crippen molar-refractivity contribution in [1.29, 1.82) is 0 Å². The first kappa shape index (κ1) is 25.7. The lowest BCUT2D eigenvalue weighted by molar-refractivity contribution is -0.141. The first-order chi connectivity index (χ1) is 13.9. The minimum absolute atomic E-state index is 0. The number of benzene rings is 1. The quantitative estimate of drug-likeness (QED) is 0.196. The Hall–Kier alpha value is -2.31. The highest BCUT2D eigenvalue weighted by atomic mass is 127. The fourth-order valence-electron chi connectivity index (χ4n) is 2.39. The normalized spacial score (nSPS) is 11.4. The Morgan fingerprint density at radius 1 is 1.10 bits per heavy atom. The number of hydrogen-bond donors (Lipinski definition) is 3. The van der Waals surface area contributed by atoms with Crippen LogP contribution >= 0.6 is 24.0 Å². The third-order valence-electron chi connectivity index (χ3n) is 3.67. The number of halogens is 4. The molecule has 0 bridgehead atoms. The van der Waals surface area contributed by atoms with Crippen LogP contribution in [-0.4, -0.2) is 42.2 Å². The van der Waals surface area contributed by atoms with Gasteiger partial charge >= 0.3 is 6.18 Å². The van der Waals surface area contributed by atoms with Gasteiger partial charge in [0.25, 0.3) is 0 Å². The fourth-order valence-corrected chi connectivity index (χ4v) is 2.39. The van der Waals surface area contributed by atoms with E-state index in [4.69, 9.17) is 4.74 Å². The average Bonchev–Trinajstić information content (AvgIpc) is 2.70. The first-order valence-electron chi connectivity index (χ1n) is 9.31. The molecule has 3 N–H and O–H groups in total. The molecule has 0 saturated heterocycles. The number of hydrogen-bond acceptors (Lipinski definition) is 5. The zero-order valence-electron chi connectivity index (χ0n) is 16.8. The highest BCUT2D eigenvalue weighted by molar-refractivity contribution is 14.0. The summed E-state index contributed by atoms with van der Waals surface area (Å²) in [5.74, 6) is 1.30. The lowest BCUT2D eigenvalue weighted by atomic mass is 10.2. The van der Waals surface area contributed by atoms with Crippen LogP contribution in [0, 0.1) is 0 Å². The molecule has 1 aromatic carbocycles. The molecule has 7 nitrogen and oxygen atoms in total. The Balaban J connectivity index is 0.00000450. The van der Waals surface area contributed by atoms with Gasteiger partial charge in [-0.3, -0.25) is 0 Å². The molecule has 0 fully saturated rings. The topological polar surface area (TPSA) is 83.5 Å². The van der Waals surface area contributed by atoms with Crippen LogP contribution in [0.2, 0.25) is 0 Å². The zero-order valence-corrected chi connectivity index (χ0v) is 19.1. The van der Waals surface area contributed by atoms with Crippen molar-refractivity contribution in [3.8, 4) is 5.75 Å². The van der Waals surface area contributed by atoms with Gasteiger partial charge in [0, 0.05) is 31.4 Å². The SMILES string of the molecule is CCNC(=NCc1ccccc1OCC)NCCNc1nccc(C(F)(F)F)n1.I. The summed E-state index contributed by atoms with van der Waals surface area (Å²) < 4.78 is 43.7. The summed E-state index contributed by atoms with van der Waals surface area (Å²) >= 11 is 0. The number of alkyl halides is 3. The van der Waals surface area contributed by atoms with Crippen LogP contribution in [-0.2, 0) is 12.7 Å². The number of nitrogens with zero attached hydrogens (tertiary/aromatic N) is 3. The molecule has 166 valence electrons. The maximum atomic E-state index is 12.7. The second kappa shape index (κ2) is 13.1. The number of rotatable bonds is 9. The Kier molecular flexibility index (Phi) is 11.2. The maximum absolute atomic E-state index is 12.7. The standard InChI is InChI=1S/C19H25F3N6O.HI/c1-3-23-17(27-13-14-7-5-6-8-15(14)29-4-2)25-11-12-26-18-24-10-9-16(28-18)19(20,21)22;/h5-10H,3-4,11-13H2,1-2H3,(H2,23,25,27)(H,24,26,28);1H. The van der Waals surface area contributed by atoms with Crippen LogP contribution in [0.4, 0.5) is 19.1 Å². The van der Waals surface area contributed by atoms with E-state index in [1.54, 1.807) is 0 Å². The number of guanidine groups is 1. The molecule has 0 saturated carbocycles. The van der Waals surface area contributed by atoms with Gasteiger partial charge in [0.15, 0.2) is 5.96 Å². The number of aromatic nitrogens is 2. The molecule has 0 amide bonds. The van der Waals surface area contributed by atoms with Crippen molar-refractivity contribution < 1.29 is 17.9 Å². The molecule has 0 aliphatic carbocycles. The highest BCUT2D eigenvalue weighted by Crippen LogP contribution is 2.27. The van der Waals surface area contributed by atoms with E-state index in [9.17, 15) is 13.2 Å². The molecule has 0 radical (unpaired) electrons. The summed E-state index contributed by atoms with van der Waals surface area (Å²) in [6.45, 7) is 6.27. The summed E-state index contributed by atoms with van der Waals surface area (Å²) in [5, 5.41) is 9.00. The Labute approximate surface area is 191 Å². The lowest BCUT2D eigenvalue weighted by Gasteiger charge is -2.13. The van der Waals surface area contributed by atoms with E-state index in [1.807, 2.05) is 38.1 Å². The molecule has 1 aromatic heterocycles. The van der Waals surface area contributed by atoms with E-state index in [-0.39, 0.29) is 29.9 Å². The molecule has 2 rings (SSSR count). The Morgan fingerprint density at radius 3 is 2.57 bits per heavy atom. The molecule has 11 heteroatoms. The Morgan fingerprint density at radius 2 is 1.87 bits per heavy atom. The number of para-hydroxylation sites is 1. The van der Waals surface area contributed by atoms with E-state index in [2.05, 4.69) is 30.9 Å². The molecular formula is C19H26F3IN6O. The van der Waals surface area contributed by atoms with Crippen molar-refractivity contribution in [3.05, 3.63) is 47.8 Å². The third-order valence-corrected chi connectivity index (χ3v) is 3.67. The van der Waals surface area contributed by atoms with Crippen molar-refractivity contribution in [1.82, 2.24) is 20.6 Å². The molecule has 30 heavy (non-hydrogen) atoms. The summed E-state index contributed by atoms with van der Waals surface area (Å²) in [5.41, 5.74) is -0.0205. The van der Waals surface area contributed by atoms with Crippen LogP contribution in [0.25, 0.3) is 0 Å². The summed E-state index contributed by atoms with van der Waals surface area (Å²) in [6, 6.07) is 8.51. The van der Waals surface area contributed by atoms with Gasteiger partial charge in [0.05, 0.1) is 13.2 Å². The molecule has 0 atom stereocenters. The lowest BCUT2D eigenvalue weighted by Crippen LogP contribution is -2.39. The number of ether oxygens (including phenoxy) is 1. The molecule has 0 aliphatic rings. The smallest absolute Gasteiger partial charge is 0.433 e. The van der Waals surface area contributed by atoms with E-state index < -0.39 is 11.9 Å². The van der Waals surface area contributed by atoms with Crippen LogP contribution in [0.5, 0.6) is 5.75 Å². The monoisotopic (exact) mass is 538 g/mol. The van der Waals surface area contributed by atoms with E-state index in [1.165, 1.54) is 0 Å². The van der Waals surface area contributed by atoms with Crippen LogP contribution < -0.4 is 20.7 Å². The van der Waals surface area contributed by atoms with Crippen molar-refractivity contribution in [3.63, 3.8) is 0 Å². The fraction of sp³-hybridized carbons (Fsp3) is 0.421. The van der Waals surface area contributed by atoms with Crippen molar-refractivity contribution in [2.75, 3.05) is 31.6 Å².